The highest BCUT2D eigenvalue weighted by molar-refractivity contribution is 6.02. The molecule has 0 aliphatic heterocycles. The number of fused-ring (bicyclic) bond motifs is 1. The van der Waals surface area contributed by atoms with Gasteiger partial charge in [0.15, 0.2) is 11.5 Å². The van der Waals surface area contributed by atoms with Gasteiger partial charge in [0, 0.05) is 31.1 Å². The Morgan fingerprint density at radius 1 is 1.00 bits per heavy atom. The van der Waals surface area contributed by atoms with Gasteiger partial charge in [0.2, 0.25) is 0 Å². The van der Waals surface area contributed by atoms with E-state index in [1.54, 1.807) is 50.5 Å². The molecule has 8 nitrogen and oxygen atoms in total. The molecule has 2 aromatic carbocycles. The van der Waals surface area contributed by atoms with Crippen LogP contribution in [0, 0.1) is 11.3 Å². The number of hydrogen-bond donors (Lipinski definition) is 1. The van der Waals surface area contributed by atoms with Gasteiger partial charge in [-0.2, -0.15) is 5.26 Å². The van der Waals surface area contributed by atoms with Crippen LogP contribution in [-0.2, 0) is 6.54 Å². The third-order valence-electron chi connectivity index (χ3n) is 5.23. The van der Waals surface area contributed by atoms with E-state index in [1.807, 2.05) is 31.1 Å². The molecule has 0 saturated carbocycles. The fourth-order valence-electron chi connectivity index (χ4n) is 3.50. The molecule has 0 bridgehead atoms. The second-order valence-electron chi connectivity index (χ2n) is 7.62. The predicted molar refractivity (Wildman–Crippen MR) is 122 cm³/mol. The van der Waals surface area contributed by atoms with E-state index >= 15 is 0 Å². The van der Waals surface area contributed by atoms with Crippen molar-refractivity contribution in [2.45, 2.75) is 6.54 Å². The molecule has 0 fully saturated rings. The summed E-state index contributed by atoms with van der Waals surface area (Å²) in [7, 11) is 8.62. The standard InChI is InChI=1S/C24H28N4O4/c1-27(2)10-11-28(15-17-8-6-16(14-25)7-9-17)24(29)19-12-18-20(30-3)13-21(31-4)23(32-5)22(18)26-19/h6-9,12-13,26H,10-11,15H2,1-5H3. The zero-order valence-corrected chi connectivity index (χ0v) is 19.1. The average Bonchev–Trinajstić information content (AvgIpc) is 3.25. The summed E-state index contributed by atoms with van der Waals surface area (Å²) in [6, 6.07) is 12.9. The first-order valence-corrected chi connectivity index (χ1v) is 10.2. The first-order chi connectivity index (χ1) is 15.4. The number of likely N-dealkylation sites (N-methyl/N-ethyl adjacent to an activating group) is 1. The number of H-pyrrole nitrogens is 1. The minimum atomic E-state index is -0.143. The Balaban J connectivity index is 1.99. The normalized spacial score (nSPS) is 10.8. The smallest absolute Gasteiger partial charge is 0.270 e. The van der Waals surface area contributed by atoms with Crippen molar-refractivity contribution >= 4 is 16.8 Å². The molecule has 32 heavy (non-hydrogen) atoms. The third kappa shape index (κ3) is 4.79. The van der Waals surface area contributed by atoms with Crippen LogP contribution in [0.2, 0.25) is 0 Å². The summed E-state index contributed by atoms with van der Waals surface area (Å²) in [5.41, 5.74) is 2.60. The molecule has 168 valence electrons. The second-order valence-corrected chi connectivity index (χ2v) is 7.62. The zero-order valence-electron chi connectivity index (χ0n) is 19.1. The van der Waals surface area contributed by atoms with Crippen LogP contribution in [0.1, 0.15) is 21.6 Å². The molecule has 0 saturated heterocycles. The van der Waals surface area contributed by atoms with E-state index in [0.717, 1.165) is 10.9 Å². The van der Waals surface area contributed by atoms with Gasteiger partial charge in [-0.3, -0.25) is 4.79 Å². The molecule has 1 amide bonds. The van der Waals surface area contributed by atoms with Crippen molar-refractivity contribution in [1.82, 2.24) is 14.8 Å². The summed E-state index contributed by atoms with van der Waals surface area (Å²) in [5, 5.41) is 9.77. The van der Waals surface area contributed by atoms with Crippen molar-refractivity contribution in [3.05, 3.63) is 53.2 Å². The highest BCUT2D eigenvalue weighted by Gasteiger charge is 2.23. The lowest BCUT2D eigenvalue weighted by Crippen LogP contribution is -2.36. The molecule has 0 atom stereocenters. The number of carbonyl (C=O) groups excluding carboxylic acids is 1. The lowest BCUT2D eigenvalue weighted by atomic mass is 10.1. The van der Waals surface area contributed by atoms with E-state index < -0.39 is 0 Å². The van der Waals surface area contributed by atoms with Gasteiger partial charge in [0.05, 0.1) is 38.5 Å². The number of rotatable bonds is 9. The first-order valence-electron chi connectivity index (χ1n) is 10.2. The second kappa shape index (κ2) is 10.1. The average molecular weight is 437 g/mol. The van der Waals surface area contributed by atoms with Gasteiger partial charge in [0.25, 0.3) is 5.91 Å². The van der Waals surface area contributed by atoms with E-state index in [-0.39, 0.29) is 5.91 Å². The van der Waals surface area contributed by atoms with Crippen molar-refractivity contribution < 1.29 is 19.0 Å². The Kier molecular flexibility index (Phi) is 7.23. The SMILES string of the molecule is COc1cc(OC)c2cc(C(=O)N(CCN(C)C)Cc3ccc(C#N)cc3)[nH]c2c1OC. The maximum Gasteiger partial charge on any atom is 0.270 e. The monoisotopic (exact) mass is 436 g/mol. The van der Waals surface area contributed by atoms with Gasteiger partial charge in [-0.05, 0) is 37.9 Å². The first kappa shape index (κ1) is 23.0. The number of nitriles is 1. The number of aromatic amines is 1. The van der Waals surface area contributed by atoms with Crippen molar-refractivity contribution in [3.63, 3.8) is 0 Å². The molecule has 0 spiro atoms. The summed E-state index contributed by atoms with van der Waals surface area (Å²) in [6.07, 6.45) is 0. The van der Waals surface area contributed by atoms with Crippen LogP contribution in [0.25, 0.3) is 10.9 Å². The summed E-state index contributed by atoms with van der Waals surface area (Å²) in [5.74, 6) is 1.46. The fraction of sp³-hybridized carbons (Fsp3) is 0.333. The molecule has 8 heteroatoms. The van der Waals surface area contributed by atoms with Gasteiger partial charge in [-0.1, -0.05) is 12.1 Å². The Morgan fingerprint density at radius 2 is 1.69 bits per heavy atom. The van der Waals surface area contributed by atoms with Gasteiger partial charge >= 0.3 is 0 Å². The quantitative estimate of drug-likeness (QED) is 0.554. The van der Waals surface area contributed by atoms with Crippen molar-refractivity contribution in [2.24, 2.45) is 0 Å². The van der Waals surface area contributed by atoms with E-state index in [4.69, 9.17) is 19.5 Å². The molecule has 1 heterocycles. The maximum absolute atomic E-state index is 13.5. The zero-order chi connectivity index (χ0) is 23.3. The topological polar surface area (TPSA) is 90.8 Å². The minimum absolute atomic E-state index is 0.143. The summed E-state index contributed by atoms with van der Waals surface area (Å²) < 4.78 is 16.5. The van der Waals surface area contributed by atoms with Crippen molar-refractivity contribution in [2.75, 3.05) is 48.5 Å². The Bertz CT molecular complexity index is 1130. The molecule has 1 N–H and O–H groups in total. The van der Waals surface area contributed by atoms with Crippen LogP contribution in [-0.4, -0.2) is 69.2 Å². The molecular formula is C24H28N4O4. The van der Waals surface area contributed by atoms with Gasteiger partial charge < -0.3 is 29.0 Å². The summed E-state index contributed by atoms with van der Waals surface area (Å²) >= 11 is 0. The van der Waals surface area contributed by atoms with Gasteiger partial charge in [-0.15, -0.1) is 0 Å². The van der Waals surface area contributed by atoms with Crippen LogP contribution in [0.3, 0.4) is 0 Å². The number of amides is 1. The fourth-order valence-corrected chi connectivity index (χ4v) is 3.50. The highest BCUT2D eigenvalue weighted by Crippen LogP contribution is 2.41. The summed E-state index contributed by atoms with van der Waals surface area (Å²) in [4.78, 5) is 20.5. The number of methoxy groups -OCH3 is 3. The van der Waals surface area contributed by atoms with E-state index in [1.165, 1.54) is 0 Å². The number of aromatic nitrogens is 1. The van der Waals surface area contributed by atoms with E-state index in [2.05, 4.69) is 11.1 Å². The third-order valence-corrected chi connectivity index (χ3v) is 5.23. The van der Waals surface area contributed by atoms with Crippen molar-refractivity contribution in [1.29, 1.82) is 5.26 Å². The lowest BCUT2D eigenvalue weighted by molar-refractivity contribution is 0.0727. The number of benzene rings is 2. The van der Waals surface area contributed by atoms with Crippen LogP contribution in [0.15, 0.2) is 36.4 Å². The lowest BCUT2D eigenvalue weighted by Gasteiger charge is -2.24. The molecular weight excluding hydrogens is 408 g/mol. The molecule has 0 aliphatic rings. The van der Waals surface area contributed by atoms with Gasteiger partial charge in [0.1, 0.15) is 11.4 Å². The Hall–Kier alpha value is -3.70. The molecule has 1 aromatic heterocycles. The summed E-state index contributed by atoms with van der Waals surface area (Å²) in [6.45, 7) is 1.67. The number of nitrogens with zero attached hydrogens (tertiary/aromatic N) is 3. The molecule has 3 rings (SSSR count). The molecule has 3 aromatic rings. The van der Waals surface area contributed by atoms with E-state index in [0.29, 0.717) is 53.7 Å². The largest absolute Gasteiger partial charge is 0.496 e. The highest BCUT2D eigenvalue weighted by atomic mass is 16.5. The Labute approximate surface area is 187 Å². The van der Waals surface area contributed by atoms with Crippen LogP contribution in [0.5, 0.6) is 17.2 Å². The van der Waals surface area contributed by atoms with Gasteiger partial charge in [-0.25, -0.2) is 0 Å². The minimum Gasteiger partial charge on any atom is -0.496 e. The number of hydrogen-bond acceptors (Lipinski definition) is 6. The van der Waals surface area contributed by atoms with Crippen molar-refractivity contribution in [3.8, 4) is 23.3 Å². The maximum atomic E-state index is 13.5. The predicted octanol–water partition coefficient (Wildman–Crippen LogP) is 3.27. The molecule has 0 unspecified atom stereocenters. The molecule has 0 aliphatic carbocycles. The number of ether oxygens (including phenoxy) is 3. The molecule has 0 radical (unpaired) electrons. The Morgan fingerprint density at radius 3 is 2.25 bits per heavy atom. The van der Waals surface area contributed by atoms with E-state index in [9.17, 15) is 4.79 Å². The number of nitrogens with one attached hydrogen (secondary N) is 1. The van der Waals surface area contributed by atoms with Crippen LogP contribution >= 0.6 is 0 Å². The number of carbonyl (C=O) groups is 1. The van der Waals surface area contributed by atoms with Crippen LogP contribution in [0.4, 0.5) is 0 Å². The van der Waals surface area contributed by atoms with Crippen LogP contribution < -0.4 is 14.2 Å².